The van der Waals surface area contributed by atoms with Gasteiger partial charge in [-0.05, 0) is 24.1 Å². The Kier molecular flexibility index (Phi) is 4.30. The molecule has 0 aliphatic carbocycles. The van der Waals surface area contributed by atoms with E-state index in [0.717, 1.165) is 5.56 Å². The van der Waals surface area contributed by atoms with Crippen LogP contribution in [-0.2, 0) is 12.8 Å². The van der Waals surface area contributed by atoms with Crippen molar-refractivity contribution in [2.75, 3.05) is 12.3 Å². The SMILES string of the molecule is CCc1nc(N)cc(Oc2ccc(CCO)cc2)n1. The molecule has 0 bridgehead atoms. The molecule has 100 valence electrons. The minimum absolute atomic E-state index is 0.141. The first-order chi connectivity index (χ1) is 9.21. The Morgan fingerprint density at radius 3 is 2.58 bits per heavy atom. The number of hydrogen-bond acceptors (Lipinski definition) is 5. The van der Waals surface area contributed by atoms with Gasteiger partial charge >= 0.3 is 0 Å². The zero-order valence-electron chi connectivity index (χ0n) is 10.8. The van der Waals surface area contributed by atoms with Crippen LogP contribution >= 0.6 is 0 Å². The first-order valence-electron chi connectivity index (χ1n) is 6.22. The molecule has 2 aromatic rings. The maximum absolute atomic E-state index is 8.85. The molecule has 0 saturated carbocycles. The topological polar surface area (TPSA) is 81.3 Å². The van der Waals surface area contributed by atoms with Crippen molar-refractivity contribution in [1.29, 1.82) is 0 Å². The van der Waals surface area contributed by atoms with Crippen molar-refractivity contribution in [1.82, 2.24) is 9.97 Å². The lowest BCUT2D eigenvalue weighted by Crippen LogP contribution is -2.00. The van der Waals surface area contributed by atoms with Crippen LogP contribution in [0.25, 0.3) is 0 Å². The second kappa shape index (κ2) is 6.15. The van der Waals surface area contributed by atoms with E-state index in [-0.39, 0.29) is 6.61 Å². The summed E-state index contributed by atoms with van der Waals surface area (Å²) in [7, 11) is 0. The van der Waals surface area contributed by atoms with Crippen LogP contribution in [0.3, 0.4) is 0 Å². The third kappa shape index (κ3) is 3.66. The van der Waals surface area contributed by atoms with Gasteiger partial charge in [0, 0.05) is 19.1 Å². The Morgan fingerprint density at radius 2 is 1.95 bits per heavy atom. The highest BCUT2D eigenvalue weighted by molar-refractivity contribution is 5.36. The van der Waals surface area contributed by atoms with Crippen LogP contribution in [-0.4, -0.2) is 21.7 Å². The standard InChI is InChI=1S/C14H17N3O2/c1-2-13-16-12(15)9-14(17-13)19-11-5-3-10(4-6-11)7-8-18/h3-6,9,18H,2,7-8H2,1H3,(H2,15,16,17). The highest BCUT2D eigenvalue weighted by atomic mass is 16.5. The molecular weight excluding hydrogens is 242 g/mol. The molecule has 1 aromatic carbocycles. The number of aliphatic hydroxyl groups is 1. The molecular formula is C14H17N3O2. The fourth-order valence-electron chi connectivity index (χ4n) is 1.68. The number of hydrogen-bond donors (Lipinski definition) is 2. The average Bonchev–Trinajstić information content (AvgIpc) is 2.40. The van der Waals surface area contributed by atoms with Crippen LogP contribution in [0.4, 0.5) is 5.82 Å². The van der Waals surface area contributed by atoms with Gasteiger partial charge in [0.2, 0.25) is 5.88 Å². The van der Waals surface area contributed by atoms with Crippen molar-refractivity contribution in [2.24, 2.45) is 0 Å². The smallest absolute Gasteiger partial charge is 0.224 e. The number of nitrogen functional groups attached to an aromatic ring is 1. The van der Waals surface area contributed by atoms with E-state index in [1.807, 2.05) is 31.2 Å². The molecule has 0 aliphatic heterocycles. The summed E-state index contributed by atoms with van der Waals surface area (Å²) in [5, 5.41) is 8.85. The van der Waals surface area contributed by atoms with Crippen LogP contribution < -0.4 is 10.5 Å². The Morgan fingerprint density at radius 1 is 1.21 bits per heavy atom. The molecule has 0 fully saturated rings. The fraction of sp³-hybridized carbons (Fsp3) is 0.286. The first-order valence-corrected chi connectivity index (χ1v) is 6.22. The van der Waals surface area contributed by atoms with Gasteiger partial charge in [-0.1, -0.05) is 19.1 Å². The maximum Gasteiger partial charge on any atom is 0.224 e. The molecule has 5 nitrogen and oxygen atoms in total. The second-order valence-corrected chi connectivity index (χ2v) is 4.12. The number of benzene rings is 1. The van der Waals surface area contributed by atoms with Crippen LogP contribution in [0.15, 0.2) is 30.3 Å². The molecule has 1 aromatic heterocycles. The van der Waals surface area contributed by atoms with Gasteiger partial charge in [0.05, 0.1) is 0 Å². The number of rotatable bonds is 5. The molecule has 0 aliphatic rings. The van der Waals surface area contributed by atoms with Crippen LogP contribution in [0.5, 0.6) is 11.6 Å². The highest BCUT2D eigenvalue weighted by Crippen LogP contribution is 2.21. The number of aliphatic hydroxyl groups excluding tert-OH is 1. The van der Waals surface area contributed by atoms with Gasteiger partial charge in [-0.2, -0.15) is 4.98 Å². The summed E-state index contributed by atoms with van der Waals surface area (Å²) in [5.74, 6) is 2.19. The van der Waals surface area contributed by atoms with Crippen LogP contribution in [0.2, 0.25) is 0 Å². The third-order valence-corrected chi connectivity index (χ3v) is 2.63. The van der Waals surface area contributed by atoms with Gasteiger partial charge in [-0.15, -0.1) is 0 Å². The average molecular weight is 259 g/mol. The molecule has 0 saturated heterocycles. The molecule has 0 unspecified atom stereocenters. The fourth-order valence-corrected chi connectivity index (χ4v) is 1.68. The number of ether oxygens (including phenoxy) is 1. The van der Waals surface area contributed by atoms with Gasteiger partial charge < -0.3 is 15.6 Å². The van der Waals surface area contributed by atoms with Gasteiger partial charge in [-0.3, -0.25) is 0 Å². The van der Waals surface area contributed by atoms with E-state index in [1.165, 1.54) is 0 Å². The molecule has 0 radical (unpaired) electrons. The summed E-state index contributed by atoms with van der Waals surface area (Å²) < 4.78 is 5.64. The minimum atomic E-state index is 0.141. The quantitative estimate of drug-likeness (QED) is 0.857. The van der Waals surface area contributed by atoms with Gasteiger partial charge in [-0.25, -0.2) is 4.98 Å². The van der Waals surface area contributed by atoms with Crippen molar-refractivity contribution < 1.29 is 9.84 Å². The highest BCUT2D eigenvalue weighted by Gasteiger charge is 2.04. The Hall–Kier alpha value is -2.14. The minimum Gasteiger partial charge on any atom is -0.439 e. The summed E-state index contributed by atoms with van der Waals surface area (Å²) in [6.45, 7) is 2.10. The van der Waals surface area contributed by atoms with Crippen molar-refractivity contribution in [3.05, 3.63) is 41.7 Å². The van der Waals surface area contributed by atoms with E-state index >= 15 is 0 Å². The molecule has 0 atom stereocenters. The maximum atomic E-state index is 8.85. The lowest BCUT2D eigenvalue weighted by Gasteiger charge is -2.07. The van der Waals surface area contributed by atoms with Crippen molar-refractivity contribution in [3.63, 3.8) is 0 Å². The number of nitrogens with two attached hydrogens (primary N) is 1. The summed E-state index contributed by atoms with van der Waals surface area (Å²) in [6, 6.07) is 9.11. The Balaban J connectivity index is 2.14. The van der Waals surface area contributed by atoms with Crippen molar-refractivity contribution >= 4 is 5.82 Å². The van der Waals surface area contributed by atoms with Crippen LogP contribution in [0, 0.1) is 0 Å². The molecule has 0 amide bonds. The largest absolute Gasteiger partial charge is 0.439 e. The third-order valence-electron chi connectivity index (χ3n) is 2.63. The number of aryl methyl sites for hydroxylation is 1. The second-order valence-electron chi connectivity index (χ2n) is 4.12. The molecule has 0 spiro atoms. The van der Waals surface area contributed by atoms with E-state index in [9.17, 15) is 0 Å². The summed E-state index contributed by atoms with van der Waals surface area (Å²) in [5.41, 5.74) is 6.75. The predicted molar refractivity (Wildman–Crippen MR) is 73.1 cm³/mol. The van der Waals surface area contributed by atoms with E-state index in [0.29, 0.717) is 36.1 Å². The van der Waals surface area contributed by atoms with E-state index in [4.69, 9.17) is 15.6 Å². The number of nitrogens with zero attached hydrogens (tertiary/aromatic N) is 2. The molecule has 5 heteroatoms. The van der Waals surface area contributed by atoms with Crippen molar-refractivity contribution in [3.8, 4) is 11.6 Å². The molecule has 19 heavy (non-hydrogen) atoms. The summed E-state index contributed by atoms with van der Waals surface area (Å²) >= 11 is 0. The van der Waals surface area contributed by atoms with E-state index in [2.05, 4.69) is 9.97 Å². The normalized spacial score (nSPS) is 10.4. The van der Waals surface area contributed by atoms with Gasteiger partial charge in [0.25, 0.3) is 0 Å². The predicted octanol–water partition coefficient (Wildman–Crippen LogP) is 1.95. The molecule has 1 heterocycles. The number of anilines is 1. The monoisotopic (exact) mass is 259 g/mol. The first kappa shape index (κ1) is 13.3. The molecule has 2 rings (SSSR count). The molecule has 3 N–H and O–H groups in total. The van der Waals surface area contributed by atoms with Gasteiger partial charge in [0.1, 0.15) is 17.4 Å². The summed E-state index contributed by atoms with van der Waals surface area (Å²) in [4.78, 5) is 8.34. The summed E-state index contributed by atoms with van der Waals surface area (Å²) in [6.07, 6.45) is 1.34. The zero-order chi connectivity index (χ0) is 13.7. The zero-order valence-corrected chi connectivity index (χ0v) is 10.8. The lowest BCUT2D eigenvalue weighted by atomic mass is 10.1. The Bertz CT molecular complexity index is 541. The Labute approximate surface area is 112 Å². The van der Waals surface area contributed by atoms with E-state index < -0.39 is 0 Å². The van der Waals surface area contributed by atoms with E-state index in [1.54, 1.807) is 6.07 Å². The lowest BCUT2D eigenvalue weighted by molar-refractivity contribution is 0.299. The number of aromatic nitrogens is 2. The van der Waals surface area contributed by atoms with Crippen molar-refractivity contribution in [2.45, 2.75) is 19.8 Å². The van der Waals surface area contributed by atoms with Crippen LogP contribution in [0.1, 0.15) is 18.3 Å². The van der Waals surface area contributed by atoms with Gasteiger partial charge in [0.15, 0.2) is 0 Å².